The number of carboxylic acid groups (broad SMARTS) is 1. The number of amides is 2. The highest BCUT2D eigenvalue weighted by Gasteiger charge is 2.57. The molecule has 0 aromatic heterocycles. The summed E-state index contributed by atoms with van der Waals surface area (Å²) in [5, 5.41) is 13.6. The van der Waals surface area contributed by atoms with Crippen molar-refractivity contribution in [2.45, 2.75) is 38.8 Å². The van der Waals surface area contributed by atoms with Crippen LogP contribution in [0.15, 0.2) is 52.5 Å². The van der Waals surface area contributed by atoms with Crippen LogP contribution >= 0.6 is 11.8 Å². The lowest BCUT2D eigenvalue weighted by atomic mass is 9.83. The zero-order chi connectivity index (χ0) is 21.8. The highest BCUT2D eigenvalue weighted by molar-refractivity contribution is 8.05. The molecule has 1 saturated heterocycles. The third kappa shape index (κ3) is 4.56. The molecule has 0 saturated carbocycles. The molecule has 3 rings (SSSR count). The number of aliphatic carboxylic acids is 1. The van der Waals surface area contributed by atoms with Gasteiger partial charge in [0, 0.05) is 24.4 Å². The number of nitrogens with one attached hydrogen (secondary N) is 1. The van der Waals surface area contributed by atoms with Crippen LogP contribution in [-0.4, -0.2) is 45.9 Å². The van der Waals surface area contributed by atoms with Crippen LogP contribution in [0.4, 0.5) is 0 Å². The van der Waals surface area contributed by atoms with Crippen LogP contribution < -0.4 is 5.32 Å². The maximum absolute atomic E-state index is 12.7. The number of thioether (sulfide) groups is 1. The summed E-state index contributed by atoms with van der Waals surface area (Å²) < 4.78 is 5.47. The highest BCUT2D eigenvalue weighted by Crippen LogP contribution is 2.47. The van der Waals surface area contributed by atoms with Crippen molar-refractivity contribution in [1.29, 1.82) is 0 Å². The van der Waals surface area contributed by atoms with Crippen LogP contribution in [0.1, 0.15) is 25.8 Å². The molecule has 30 heavy (non-hydrogen) atoms. The SMILES string of the molecule is CC(=O)NC=CSC1=C(C(=O)O)N2C(=O)[C@H]([C@H](C)OC(=O)Cc3ccccc3)[C@H]2C1. The van der Waals surface area contributed by atoms with E-state index in [1.165, 1.54) is 18.0 Å². The van der Waals surface area contributed by atoms with Gasteiger partial charge in [-0.3, -0.25) is 14.4 Å². The third-order valence-electron chi connectivity index (χ3n) is 4.95. The Balaban J connectivity index is 1.63. The normalized spacial score (nSPS) is 21.3. The number of carbonyl (C=O) groups excluding carboxylic acids is 3. The second kappa shape index (κ2) is 9.17. The van der Waals surface area contributed by atoms with E-state index in [-0.39, 0.29) is 30.0 Å². The molecule has 9 heteroatoms. The topological polar surface area (TPSA) is 113 Å². The maximum Gasteiger partial charge on any atom is 0.353 e. The molecule has 2 aliphatic heterocycles. The zero-order valence-electron chi connectivity index (χ0n) is 16.5. The van der Waals surface area contributed by atoms with Gasteiger partial charge in [-0.05, 0) is 17.9 Å². The van der Waals surface area contributed by atoms with Crippen LogP contribution in [0.2, 0.25) is 0 Å². The fourth-order valence-corrected chi connectivity index (χ4v) is 4.54. The van der Waals surface area contributed by atoms with Crippen molar-refractivity contribution in [3.63, 3.8) is 0 Å². The lowest BCUT2D eigenvalue weighted by Crippen LogP contribution is -2.62. The first-order valence-electron chi connectivity index (χ1n) is 9.41. The van der Waals surface area contributed by atoms with Gasteiger partial charge in [0.15, 0.2) is 0 Å². The summed E-state index contributed by atoms with van der Waals surface area (Å²) in [5.41, 5.74) is 0.762. The molecule has 0 unspecified atom stereocenters. The zero-order valence-corrected chi connectivity index (χ0v) is 17.3. The van der Waals surface area contributed by atoms with E-state index in [2.05, 4.69) is 5.32 Å². The molecule has 1 aromatic rings. The average molecular weight is 430 g/mol. The summed E-state index contributed by atoms with van der Waals surface area (Å²) in [4.78, 5) is 49.3. The Kier molecular flexibility index (Phi) is 6.61. The number of hydrogen-bond acceptors (Lipinski definition) is 6. The van der Waals surface area contributed by atoms with Gasteiger partial charge < -0.3 is 20.1 Å². The third-order valence-corrected chi connectivity index (χ3v) is 5.87. The van der Waals surface area contributed by atoms with Gasteiger partial charge in [-0.15, -0.1) is 0 Å². The Hall–Kier alpha value is -3.07. The number of carbonyl (C=O) groups is 4. The minimum absolute atomic E-state index is 0.0541. The van der Waals surface area contributed by atoms with Gasteiger partial charge in [-0.2, -0.15) is 0 Å². The molecule has 0 radical (unpaired) electrons. The maximum atomic E-state index is 12.7. The number of carboxylic acids is 1. The molecular weight excluding hydrogens is 408 g/mol. The largest absolute Gasteiger partial charge is 0.477 e. The van der Waals surface area contributed by atoms with Crippen molar-refractivity contribution in [2.24, 2.45) is 5.92 Å². The summed E-state index contributed by atoms with van der Waals surface area (Å²) in [6.45, 7) is 3.02. The number of rotatable bonds is 8. The lowest BCUT2D eigenvalue weighted by Gasteiger charge is -2.45. The summed E-state index contributed by atoms with van der Waals surface area (Å²) in [7, 11) is 0. The quantitative estimate of drug-likeness (QED) is 0.479. The number of nitrogens with zero attached hydrogens (tertiary/aromatic N) is 1. The molecule has 2 heterocycles. The summed E-state index contributed by atoms with van der Waals surface area (Å²) in [6, 6.07) is 8.79. The number of hydrogen-bond donors (Lipinski definition) is 2. The van der Waals surface area contributed by atoms with Gasteiger partial charge in [0.05, 0.1) is 18.4 Å². The second-order valence-electron chi connectivity index (χ2n) is 7.06. The van der Waals surface area contributed by atoms with Crippen LogP contribution in [-0.2, 0) is 30.3 Å². The van der Waals surface area contributed by atoms with Crippen LogP contribution in [0.3, 0.4) is 0 Å². The van der Waals surface area contributed by atoms with Gasteiger partial charge in [0.2, 0.25) is 11.8 Å². The predicted molar refractivity (Wildman–Crippen MR) is 110 cm³/mol. The number of esters is 1. The molecule has 158 valence electrons. The van der Waals surface area contributed by atoms with Crippen molar-refractivity contribution in [3.8, 4) is 0 Å². The fourth-order valence-electron chi connectivity index (χ4n) is 3.67. The summed E-state index contributed by atoms with van der Waals surface area (Å²) in [5.74, 6) is -2.81. The minimum atomic E-state index is -1.19. The monoisotopic (exact) mass is 430 g/mol. The Morgan fingerprint density at radius 2 is 2.03 bits per heavy atom. The van der Waals surface area contributed by atoms with E-state index in [1.54, 1.807) is 12.3 Å². The van der Waals surface area contributed by atoms with Crippen molar-refractivity contribution < 1.29 is 29.0 Å². The van der Waals surface area contributed by atoms with E-state index in [0.29, 0.717) is 11.3 Å². The van der Waals surface area contributed by atoms with Crippen LogP contribution in [0.5, 0.6) is 0 Å². The van der Waals surface area contributed by atoms with E-state index in [1.807, 2.05) is 30.3 Å². The van der Waals surface area contributed by atoms with Crippen molar-refractivity contribution in [1.82, 2.24) is 10.2 Å². The highest BCUT2D eigenvalue weighted by atomic mass is 32.2. The van der Waals surface area contributed by atoms with E-state index >= 15 is 0 Å². The van der Waals surface area contributed by atoms with E-state index in [4.69, 9.17) is 4.74 Å². The van der Waals surface area contributed by atoms with Gasteiger partial charge in [-0.1, -0.05) is 42.1 Å². The van der Waals surface area contributed by atoms with Gasteiger partial charge >= 0.3 is 11.9 Å². The Morgan fingerprint density at radius 1 is 1.33 bits per heavy atom. The molecule has 0 spiro atoms. The summed E-state index contributed by atoms with van der Waals surface area (Å²) >= 11 is 1.14. The Labute approximate surface area is 178 Å². The number of ether oxygens (including phenoxy) is 1. The molecule has 1 fully saturated rings. The standard InChI is InChI=1S/C21H22N2O6S/c1-12(29-17(25)10-14-6-4-3-5-7-14)18-15-11-16(30-9-8-22-13(2)24)19(21(27)28)23(15)20(18)26/h3-9,12,15,18H,10-11H2,1-2H3,(H,22,24)(H,27,28)/t12-,15+,18+/m0/s1. The second-order valence-corrected chi connectivity index (χ2v) is 8.06. The van der Waals surface area contributed by atoms with Crippen molar-refractivity contribution >= 4 is 35.5 Å². The van der Waals surface area contributed by atoms with E-state index in [0.717, 1.165) is 17.3 Å². The molecule has 2 aliphatic rings. The predicted octanol–water partition coefficient (Wildman–Crippen LogP) is 2.03. The smallest absolute Gasteiger partial charge is 0.353 e. The number of benzene rings is 1. The Bertz CT molecular complexity index is 927. The first-order chi connectivity index (χ1) is 14.3. The molecule has 0 bridgehead atoms. The fraction of sp³-hybridized carbons (Fsp3) is 0.333. The van der Waals surface area contributed by atoms with E-state index < -0.39 is 24.0 Å². The number of fused-ring (bicyclic) bond motifs is 1. The lowest BCUT2D eigenvalue weighted by molar-refractivity contribution is -0.170. The molecular formula is C21H22N2O6S. The Morgan fingerprint density at radius 3 is 2.67 bits per heavy atom. The van der Waals surface area contributed by atoms with Crippen LogP contribution in [0, 0.1) is 5.92 Å². The molecule has 0 aliphatic carbocycles. The first-order valence-corrected chi connectivity index (χ1v) is 10.3. The summed E-state index contributed by atoms with van der Waals surface area (Å²) in [6.07, 6.45) is 1.22. The average Bonchev–Trinajstić information content (AvgIpc) is 3.00. The van der Waals surface area contributed by atoms with Gasteiger partial charge in [0.25, 0.3) is 0 Å². The molecule has 8 nitrogen and oxygen atoms in total. The van der Waals surface area contributed by atoms with Gasteiger partial charge in [-0.25, -0.2) is 4.79 Å². The van der Waals surface area contributed by atoms with E-state index in [9.17, 15) is 24.3 Å². The molecule has 2 amide bonds. The molecule has 1 aromatic carbocycles. The van der Waals surface area contributed by atoms with Gasteiger partial charge in [0.1, 0.15) is 11.8 Å². The molecule has 3 atom stereocenters. The van der Waals surface area contributed by atoms with Crippen molar-refractivity contribution in [2.75, 3.05) is 0 Å². The minimum Gasteiger partial charge on any atom is -0.477 e. The molecule has 2 N–H and O–H groups in total. The van der Waals surface area contributed by atoms with Crippen molar-refractivity contribution in [3.05, 3.63) is 58.1 Å². The first kappa shape index (κ1) is 21.6. The van der Waals surface area contributed by atoms with Crippen LogP contribution in [0.25, 0.3) is 0 Å². The number of β-lactam (4-membered cyclic amide) rings is 1.